The minimum Gasteiger partial charge on any atom is -0.459 e. The van der Waals surface area contributed by atoms with Crippen LogP contribution in [0.25, 0.3) is 0 Å². The average Bonchev–Trinajstić information content (AvgIpc) is 3.36. The molecule has 1 aromatic carbocycles. The van der Waals surface area contributed by atoms with Crippen LogP contribution < -0.4 is 10.6 Å². The van der Waals surface area contributed by atoms with Crippen LogP contribution in [0.5, 0.6) is 0 Å². The second-order valence-electron chi connectivity index (χ2n) is 8.04. The number of amides is 3. The van der Waals surface area contributed by atoms with Crippen LogP contribution in [0, 0.1) is 5.82 Å². The third-order valence-corrected chi connectivity index (χ3v) is 5.70. The minimum absolute atomic E-state index is 0.0345. The molecular formula is C24H30FN3O5. The number of carbonyl (C=O) groups is 3. The number of hydrogen-bond acceptors (Lipinski definition) is 5. The number of carbonyl (C=O) groups excluding carboxylic acids is 3. The van der Waals surface area contributed by atoms with Crippen LogP contribution in [0.15, 0.2) is 47.1 Å². The molecule has 178 valence electrons. The molecule has 1 fully saturated rings. The summed E-state index contributed by atoms with van der Waals surface area (Å²) in [6.07, 6.45) is 6.35. The van der Waals surface area contributed by atoms with Crippen molar-refractivity contribution in [3.63, 3.8) is 0 Å². The number of furan rings is 1. The first-order valence-corrected chi connectivity index (χ1v) is 11.2. The van der Waals surface area contributed by atoms with Crippen molar-refractivity contribution >= 4 is 17.7 Å². The Balaban J connectivity index is 1.81. The first-order valence-electron chi connectivity index (χ1n) is 11.2. The molecule has 2 aromatic rings. The van der Waals surface area contributed by atoms with E-state index in [1.165, 1.54) is 48.6 Å². The summed E-state index contributed by atoms with van der Waals surface area (Å²) in [7, 11) is 1.50. The van der Waals surface area contributed by atoms with E-state index in [9.17, 15) is 18.8 Å². The zero-order valence-corrected chi connectivity index (χ0v) is 18.7. The lowest BCUT2D eigenvalue weighted by Crippen LogP contribution is -2.50. The molecular weight excluding hydrogens is 429 g/mol. The number of ether oxygens (including phenoxy) is 1. The van der Waals surface area contributed by atoms with Gasteiger partial charge in [0.15, 0.2) is 5.76 Å². The molecule has 0 saturated heterocycles. The summed E-state index contributed by atoms with van der Waals surface area (Å²) in [5, 5.41) is 5.58. The van der Waals surface area contributed by atoms with E-state index in [0.29, 0.717) is 5.56 Å². The van der Waals surface area contributed by atoms with E-state index in [1.807, 2.05) is 0 Å². The highest BCUT2D eigenvalue weighted by Crippen LogP contribution is 2.24. The molecule has 0 spiro atoms. The van der Waals surface area contributed by atoms with E-state index in [2.05, 4.69) is 10.6 Å². The van der Waals surface area contributed by atoms with Gasteiger partial charge in [-0.15, -0.1) is 0 Å². The lowest BCUT2D eigenvalue weighted by molar-refractivity contribution is -0.141. The molecule has 0 aliphatic heterocycles. The number of benzene rings is 1. The molecule has 8 nitrogen and oxygen atoms in total. The first-order chi connectivity index (χ1) is 16.0. The summed E-state index contributed by atoms with van der Waals surface area (Å²) in [5.74, 6) is -1.71. The van der Waals surface area contributed by atoms with Crippen molar-refractivity contribution in [3.8, 4) is 0 Å². The Labute approximate surface area is 192 Å². The highest BCUT2D eigenvalue weighted by atomic mass is 19.1. The predicted octanol–water partition coefficient (Wildman–Crippen LogP) is 2.81. The Morgan fingerprint density at radius 3 is 2.52 bits per heavy atom. The molecule has 33 heavy (non-hydrogen) atoms. The van der Waals surface area contributed by atoms with Crippen LogP contribution in [-0.2, 0) is 14.3 Å². The van der Waals surface area contributed by atoms with Gasteiger partial charge in [0, 0.05) is 19.7 Å². The standard InChI is InChI=1S/C24H30FN3O5/c1-32-15-13-28(21(29)16-26-23(30)20-8-5-14-33-20)22(17-9-11-18(25)12-10-17)24(31)27-19-6-3-2-4-7-19/h5,8-12,14,19,22H,2-4,6-7,13,15-16H2,1H3,(H,26,30)(H,27,31)/t22-/m0/s1. The van der Waals surface area contributed by atoms with E-state index in [-0.39, 0.29) is 37.4 Å². The Bertz CT molecular complexity index is 911. The highest BCUT2D eigenvalue weighted by Gasteiger charge is 2.33. The topological polar surface area (TPSA) is 101 Å². The Morgan fingerprint density at radius 1 is 1.15 bits per heavy atom. The normalized spacial score (nSPS) is 15.0. The van der Waals surface area contributed by atoms with Gasteiger partial charge in [0.1, 0.15) is 11.9 Å². The first kappa shape index (κ1) is 24.4. The maximum atomic E-state index is 13.6. The van der Waals surface area contributed by atoms with Crippen LogP contribution in [0.4, 0.5) is 4.39 Å². The van der Waals surface area contributed by atoms with Crippen LogP contribution in [0.2, 0.25) is 0 Å². The molecule has 9 heteroatoms. The molecule has 1 saturated carbocycles. The summed E-state index contributed by atoms with van der Waals surface area (Å²) >= 11 is 0. The summed E-state index contributed by atoms with van der Waals surface area (Å²) in [4.78, 5) is 40.1. The predicted molar refractivity (Wildman–Crippen MR) is 119 cm³/mol. The van der Waals surface area contributed by atoms with E-state index < -0.39 is 23.7 Å². The monoisotopic (exact) mass is 459 g/mol. The van der Waals surface area contributed by atoms with Crippen LogP contribution >= 0.6 is 0 Å². The van der Waals surface area contributed by atoms with Gasteiger partial charge in [-0.25, -0.2) is 4.39 Å². The van der Waals surface area contributed by atoms with Gasteiger partial charge < -0.3 is 24.7 Å². The summed E-state index contributed by atoms with van der Waals surface area (Å²) in [6, 6.07) is 7.61. The Hall–Kier alpha value is -3.20. The van der Waals surface area contributed by atoms with Gasteiger partial charge in [-0.05, 0) is 42.7 Å². The van der Waals surface area contributed by atoms with Crippen molar-refractivity contribution in [2.75, 3.05) is 26.8 Å². The van der Waals surface area contributed by atoms with E-state index in [0.717, 1.165) is 32.1 Å². The van der Waals surface area contributed by atoms with Crippen molar-refractivity contribution < 1.29 is 27.9 Å². The van der Waals surface area contributed by atoms with E-state index in [4.69, 9.17) is 9.15 Å². The molecule has 2 N–H and O–H groups in total. The third kappa shape index (κ3) is 6.89. The molecule has 0 radical (unpaired) electrons. The second kappa shape index (κ2) is 12.2. The maximum Gasteiger partial charge on any atom is 0.287 e. The summed E-state index contributed by atoms with van der Waals surface area (Å²) in [5.41, 5.74) is 0.478. The van der Waals surface area contributed by atoms with Crippen molar-refractivity contribution in [3.05, 3.63) is 59.8 Å². The van der Waals surface area contributed by atoms with Gasteiger partial charge in [0.25, 0.3) is 5.91 Å². The summed E-state index contributed by atoms with van der Waals surface area (Å²) in [6.45, 7) is -0.0317. The van der Waals surface area contributed by atoms with E-state index in [1.54, 1.807) is 6.07 Å². The maximum absolute atomic E-state index is 13.6. The molecule has 1 heterocycles. The number of halogens is 1. The Morgan fingerprint density at radius 2 is 1.88 bits per heavy atom. The fraction of sp³-hybridized carbons (Fsp3) is 0.458. The molecule has 1 aliphatic carbocycles. The van der Waals surface area contributed by atoms with Crippen molar-refractivity contribution in [2.45, 2.75) is 44.2 Å². The lowest BCUT2D eigenvalue weighted by atomic mass is 9.94. The molecule has 3 rings (SSSR count). The zero-order chi connectivity index (χ0) is 23.6. The Kier molecular flexibility index (Phi) is 9.00. The van der Waals surface area contributed by atoms with Crippen LogP contribution in [0.3, 0.4) is 0 Å². The number of nitrogens with zero attached hydrogens (tertiary/aromatic N) is 1. The summed E-state index contributed by atoms with van der Waals surface area (Å²) < 4.78 is 23.8. The number of hydrogen-bond donors (Lipinski definition) is 2. The third-order valence-electron chi connectivity index (χ3n) is 5.70. The highest BCUT2D eigenvalue weighted by molar-refractivity contribution is 5.95. The van der Waals surface area contributed by atoms with Gasteiger partial charge >= 0.3 is 0 Å². The SMILES string of the molecule is COCCN(C(=O)CNC(=O)c1ccco1)[C@H](C(=O)NC1CCCCC1)c1ccc(F)cc1. The van der Waals surface area contributed by atoms with Gasteiger partial charge in [-0.1, -0.05) is 31.4 Å². The molecule has 0 bridgehead atoms. The molecule has 1 aromatic heterocycles. The van der Waals surface area contributed by atoms with Crippen molar-refractivity contribution in [1.82, 2.24) is 15.5 Å². The second-order valence-corrected chi connectivity index (χ2v) is 8.04. The van der Waals surface area contributed by atoms with Crippen molar-refractivity contribution in [1.29, 1.82) is 0 Å². The quantitative estimate of drug-likeness (QED) is 0.569. The van der Waals surface area contributed by atoms with Crippen LogP contribution in [0.1, 0.15) is 54.3 Å². The molecule has 0 unspecified atom stereocenters. The number of methoxy groups -OCH3 is 1. The minimum atomic E-state index is -0.990. The number of rotatable bonds is 10. The zero-order valence-electron chi connectivity index (χ0n) is 18.7. The van der Waals surface area contributed by atoms with Crippen LogP contribution in [-0.4, -0.2) is 55.5 Å². The van der Waals surface area contributed by atoms with Gasteiger partial charge in [0.05, 0.1) is 19.4 Å². The van der Waals surface area contributed by atoms with Crippen molar-refractivity contribution in [2.24, 2.45) is 0 Å². The molecule has 3 amide bonds. The molecule has 1 atom stereocenters. The molecule has 1 aliphatic rings. The average molecular weight is 460 g/mol. The lowest BCUT2D eigenvalue weighted by Gasteiger charge is -2.33. The fourth-order valence-electron chi connectivity index (χ4n) is 3.98. The largest absolute Gasteiger partial charge is 0.459 e. The smallest absolute Gasteiger partial charge is 0.287 e. The van der Waals surface area contributed by atoms with Gasteiger partial charge in [-0.3, -0.25) is 14.4 Å². The van der Waals surface area contributed by atoms with E-state index >= 15 is 0 Å². The number of nitrogens with one attached hydrogen (secondary N) is 2. The van der Waals surface area contributed by atoms with Gasteiger partial charge in [0.2, 0.25) is 11.8 Å². The fourth-order valence-corrected chi connectivity index (χ4v) is 3.98. The van der Waals surface area contributed by atoms with Gasteiger partial charge in [-0.2, -0.15) is 0 Å².